The minimum absolute atomic E-state index is 0.00128. The quantitative estimate of drug-likeness (QED) is 0.652. The lowest BCUT2D eigenvalue weighted by Crippen LogP contribution is -2.12. The molecule has 0 bridgehead atoms. The van der Waals surface area contributed by atoms with Crippen LogP contribution in [-0.2, 0) is 0 Å². The number of nitro benzene ring substituents is 1. The average molecular weight is 297 g/mol. The molecule has 1 aromatic heterocycles. The normalized spacial score (nSPS) is 13.1. The summed E-state index contributed by atoms with van der Waals surface area (Å²) in [5.74, 6) is -0.720. The van der Waals surface area contributed by atoms with E-state index in [1.165, 1.54) is 12.1 Å². The average Bonchev–Trinajstić information content (AvgIpc) is 2.56. The van der Waals surface area contributed by atoms with E-state index in [9.17, 15) is 20.5 Å². The molecule has 2 aromatic rings. The zero-order valence-electron chi connectivity index (χ0n) is 11.8. The largest absolute Gasteiger partial charge is 0.396 e. The first-order valence-electron chi connectivity index (χ1n) is 6.82. The lowest BCUT2D eigenvalue weighted by atomic mass is 9.81. The molecule has 0 radical (unpaired) electrons. The first-order chi connectivity index (χ1) is 10.7. The van der Waals surface area contributed by atoms with Crippen molar-refractivity contribution in [3.8, 4) is 6.07 Å². The highest BCUT2D eigenvalue weighted by molar-refractivity contribution is 5.37. The molecule has 0 spiro atoms. The van der Waals surface area contributed by atoms with Crippen molar-refractivity contribution in [3.63, 3.8) is 0 Å². The van der Waals surface area contributed by atoms with Crippen LogP contribution in [0.4, 0.5) is 5.69 Å². The van der Waals surface area contributed by atoms with Crippen LogP contribution < -0.4 is 0 Å². The van der Waals surface area contributed by atoms with E-state index in [4.69, 9.17) is 0 Å². The van der Waals surface area contributed by atoms with Crippen molar-refractivity contribution >= 4 is 5.69 Å². The fourth-order valence-electron chi connectivity index (χ4n) is 2.46. The van der Waals surface area contributed by atoms with Crippen molar-refractivity contribution in [2.45, 2.75) is 18.3 Å². The predicted molar refractivity (Wildman–Crippen MR) is 80.1 cm³/mol. The third-order valence-corrected chi connectivity index (χ3v) is 3.56. The molecule has 0 saturated carbocycles. The Hall–Kier alpha value is -2.78. The van der Waals surface area contributed by atoms with Gasteiger partial charge in [0.05, 0.1) is 16.9 Å². The third kappa shape index (κ3) is 3.45. The fraction of sp³-hybridized carbons (Fsp3) is 0.250. The van der Waals surface area contributed by atoms with Gasteiger partial charge in [-0.3, -0.25) is 15.1 Å². The molecule has 0 aliphatic heterocycles. The summed E-state index contributed by atoms with van der Waals surface area (Å²) in [5, 5.41) is 29.5. The van der Waals surface area contributed by atoms with Crippen molar-refractivity contribution in [3.05, 3.63) is 70.0 Å². The number of non-ortho nitro benzene ring substituents is 1. The summed E-state index contributed by atoms with van der Waals surface area (Å²) in [7, 11) is 0. The summed E-state index contributed by atoms with van der Waals surface area (Å²) in [4.78, 5) is 14.3. The van der Waals surface area contributed by atoms with E-state index >= 15 is 0 Å². The first-order valence-corrected chi connectivity index (χ1v) is 6.82. The molecule has 1 heterocycles. The number of nitrogens with zero attached hydrogens (tertiary/aromatic N) is 3. The lowest BCUT2D eigenvalue weighted by molar-refractivity contribution is -0.384. The monoisotopic (exact) mass is 297 g/mol. The highest BCUT2D eigenvalue weighted by atomic mass is 16.6. The van der Waals surface area contributed by atoms with Crippen LogP contribution in [0.1, 0.15) is 29.4 Å². The van der Waals surface area contributed by atoms with Crippen LogP contribution in [0.3, 0.4) is 0 Å². The maximum atomic E-state index is 10.7. The number of nitro groups is 1. The van der Waals surface area contributed by atoms with E-state index < -0.39 is 10.8 Å². The Morgan fingerprint density at radius 2 is 2.00 bits per heavy atom. The van der Waals surface area contributed by atoms with E-state index in [0.717, 1.165) is 11.1 Å². The van der Waals surface area contributed by atoms with Crippen LogP contribution in [0.5, 0.6) is 0 Å². The minimum Gasteiger partial charge on any atom is -0.396 e. The maximum Gasteiger partial charge on any atom is 0.269 e. The number of hydrogen-bond donors (Lipinski definition) is 1. The van der Waals surface area contributed by atoms with Crippen molar-refractivity contribution in [1.29, 1.82) is 5.26 Å². The number of aromatic nitrogens is 1. The van der Waals surface area contributed by atoms with Crippen LogP contribution >= 0.6 is 0 Å². The molecule has 22 heavy (non-hydrogen) atoms. The molecule has 6 nitrogen and oxygen atoms in total. The molecule has 6 heteroatoms. The summed E-state index contributed by atoms with van der Waals surface area (Å²) < 4.78 is 0. The number of rotatable bonds is 6. The van der Waals surface area contributed by atoms with Gasteiger partial charge in [0.1, 0.15) is 0 Å². The molecule has 0 unspecified atom stereocenters. The Labute approximate surface area is 127 Å². The number of aliphatic hydroxyl groups is 1. The molecule has 2 atom stereocenters. The Morgan fingerprint density at radius 1 is 1.27 bits per heavy atom. The first kappa shape index (κ1) is 15.6. The van der Waals surface area contributed by atoms with E-state index in [1.54, 1.807) is 30.6 Å². The van der Waals surface area contributed by atoms with Gasteiger partial charge in [-0.15, -0.1) is 0 Å². The predicted octanol–water partition coefficient (Wildman–Crippen LogP) is 2.76. The summed E-state index contributed by atoms with van der Waals surface area (Å²) in [6.45, 7) is -0.0693. The van der Waals surface area contributed by atoms with Gasteiger partial charge >= 0.3 is 0 Å². The topological polar surface area (TPSA) is 100 Å². The highest BCUT2D eigenvalue weighted by Crippen LogP contribution is 2.35. The number of nitriles is 1. The molecule has 0 aliphatic carbocycles. The Balaban J connectivity index is 2.36. The van der Waals surface area contributed by atoms with Crippen LogP contribution in [0.25, 0.3) is 0 Å². The standard InChI is InChI=1S/C16H15N3O3/c17-10-16(13-2-1-8-18-11-13)15(7-9-20)12-3-5-14(6-4-12)19(21)22/h1-6,8,11,15-16,20H,7,9H2/t15-,16+/m1/s1. The zero-order chi connectivity index (χ0) is 15.9. The maximum absolute atomic E-state index is 10.7. The zero-order valence-corrected chi connectivity index (χ0v) is 11.8. The number of benzene rings is 1. The van der Waals surface area contributed by atoms with E-state index in [2.05, 4.69) is 11.1 Å². The molecule has 1 N–H and O–H groups in total. The summed E-state index contributed by atoms with van der Waals surface area (Å²) in [6.07, 6.45) is 3.65. The smallest absolute Gasteiger partial charge is 0.269 e. The van der Waals surface area contributed by atoms with Crippen molar-refractivity contribution in [2.75, 3.05) is 6.61 Å². The van der Waals surface area contributed by atoms with Crippen LogP contribution in [0, 0.1) is 21.4 Å². The van der Waals surface area contributed by atoms with Gasteiger partial charge < -0.3 is 5.11 Å². The molecule has 112 valence electrons. The van der Waals surface area contributed by atoms with Crippen LogP contribution in [0.2, 0.25) is 0 Å². The second-order valence-corrected chi connectivity index (χ2v) is 4.86. The van der Waals surface area contributed by atoms with Crippen molar-refractivity contribution in [1.82, 2.24) is 4.98 Å². The number of hydrogen-bond acceptors (Lipinski definition) is 5. The number of pyridine rings is 1. The summed E-state index contributed by atoms with van der Waals surface area (Å²) in [6, 6.07) is 11.9. The van der Waals surface area contributed by atoms with Crippen LogP contribution in [0.15, 0.2) is 48.8 Å². The van der Waals surface area contributed by atoms with Gasteiger partial charge in [-0.2, -0.15) is 5.26 Å². The van der Waals surface area contributed by atoms with Gasteiger partial charge in [-0.1, -0.05) is 18.2 Å². The molecule has 0 amide bonds. The molecular weight excluding hydrogens is 282 g/mol. The molecule has 0 saturated heterocycles. The Morgan fingerprint density at radius 3 is 2.50 bits per heavy atom. The fourth-order valence-corrected chi connectivity index (χ4v) is 2.46. The minimum atomic E-state index is -0.470. The Kier molecular flexibility index (Phi) is 5.17. The lowest BCUT2D eigenvalue weighted by Gasteiger charge is -2.21. The van der Waals surface area contributed by atoms with Gasteiger partial charge in [-0.05, 0) is 23.6 Å². The van der Waals surface area contributed by atoms with Gasteiger partial charge in [-0.25, -0.2) is 0 Å². The number of aliphatic hydroxyl groups excluding tert-OH is 1. The third-order valence-electron chi connectivity index (χ3n) is 3.56. The van der Waals surface area contributed by atoms with Gasteiger partial charge in [0.15, 0.2) is 0 Å². The van der Waals surface area contributed by atoms with Gasteiger partial charge in [0.2, 0.25) is 0 Å². The van der Waals surface area contributed by atoms with E-state index in [0.29, 0.717) is 6.42 Å². The van der Waals surface area contributed by atoms with Crippen molar-refractivity contribution in [2.24, 2.45) is 0 Å². The van der Waals surface area contributed by atoms with Crippen molar-refractivity contribution < 1.29 is 10.0 Å². The highest BCUT2D eigenvalue weighted by Gasteiger charge is 2.25. The second-order valence-electron chi connectivity index (χ2n) is 4.86. The van der Waals surface area contributed by atoms with Gasteiger partial charge in [0.25, 0.3) is 5.69 Å². The second kappa shape index (κ2) is 7.29. The van der Waals surface area contributed by atoms with Crippen LogP contribution in [-0.4, -0.2) is 21.6 Å². The molecule has 0 aliphatic rings. The summed E-state index contributed by atoms with van der Waals surface area (Å²) in [5.41, 5.74) is 1.55. The Bertz CT molecular complexity index is 665. The molecule has 2 rings (SSSR count). The summed E-state index contributed by atoms with van der Waals surface area (Å²) >= 11 is 0. The SMILES string of the molecule is N#C[C@@H](c1cccnc1)[C@H](CCO)c1ccc([N+](=O)[O-])cc1. The van der Waals surface area contributed by atoms with Gasteiger partial charge in [0, 0.05) is 37.1 Å². The van der Waals surface area contributed by atoms with E-state index in [-0.39, 0.29) is 18.2 Å². The molecule has 1 aromatic carbocycles. The molecule has 0 fully saturated rings. The molecular formula is C16H15N3O3. The van der Waals surface area contributed by atoms with E-state index in [1.807, 2.05) is 6.07 Å².